The molecule has 37 heavy (non-hydrogen) atoms. The first-order chi connectivity index (χ1) is 17.9. The minimum absolute atomic E-state index is 0.0358. The van der Waals surface area contributed by atoms with Crippen molar-refractivity contribution in [2.24, 2.45) is 17.3 Å². The zero-order valence-corrected chi connectivity index (χ0v) is 21.3. The molecule has 1 aliphatic carbocycles. The summed E-state index contributed by atoms with van der Waals surface area (Å²) in [5, 5.41) is 0. The molecule has 1 spiro atoms. The molecule has 2 aromatic rings. The zero-order chi connectivity index (χ0) is 26.4. The number of methoxy groups -OCH3 is 1. The SMILES string of the molecule is CCOC(=O)C1(C(=O)OCC)C[C@@H]2[C@@H](C(=O)OC)[C@H]3c4ccccc4C(=O)[C@]2(C1)N3Cc1ccccc1. The molecule has 2 aromatic carbocycles. The number of nitrogens with zero attached hydrogens (tertiary/aromatic N) is 1. The van der Waals surface area contributed by atoms with Gasteiger partial charge in [0.2, 0.25) is 0 Å². The van der Waals surface area contributed by atoms with Crippen molar-refractivity contribution in [3.05, 3.63) is 71.3 Å². The third-order valence-corrected chi connectivity index (χ3v) is 8.29. The first kappa shape index (κ1) is 25.1. The average molecular weight is 506 g/mol. The van der Waals surface area contributed by atoms with E-state index in [0.29, 0.717) is 12.1 Å². The summed E-state index contributed by atoms with van der Waals surface area (Å²) in [4.78, 5) is 56.9. The summed E-state index contributed by atoms with van der Waals surface area (Å²) in [6, 6.07) is 16.5. The Balaban J connectivity index is 1.75. The summed E-state index contributed by atoms with van der Waals surface area (Å²) in [6.45, 7) is 3.84. The molecule has 4 atom stereocenters. The fraction of sp³-hybridized carbons (Fsp3) is 0.448. The second kappa shape index (κ2) is 9.41. The smallest absolute Gasteiger partial charge is 0.323 e. The number of rotatable bonds is 7. The number of hydrogen-bond donors (Lipinski definition) is 0. The molecule has 5 rings (SSSR count). The third-order valence-electron chi connectivity index (χ3n) is 8.29. The minimum atomic E-state index is -1.70. The maximum Gasteiger partial charge on any atom is 0.323 e. The van der Waals surface area contributed by atoms with Gasteiger partial charge in [-0.25, -0.2) is 0 Å². The topological polar surface area (TPSA) is 99.2 Å². The fourth-order valence-electron chi connectivity index (χ4n) is 6.93. The lowest BCUT2D eigenvalue weighted by atomic mass is 9.76. The summed E-state index contributed by atoms with van der Waals surface area (Å²) in [7, 11) is 1.32. The maximum absolute atomic E-state index is 14.5. The van der Waals surface area contributed by atoms with Gasteiger partial charge in [0.25, 0.3) is 0 Å². The van der Waals surface area contributed by atoms with Crippen molar-refractivity contribution >= 4 is 23.7 Å². The first-order valence-corrected chi connectivity index (χ1v) is 12.7. The van der Waals surface area contributed by atoms with Gasteiger partial charge in [0, 0.05) is 24.4 Å². The quantitative estimate of drug-likeness (QED) is 0.320. The second-order valence-electron chi connectivity index (χ2n) is 9.96. The number of carbonyl (C=O) groups is 4. The highest BCUT2D eigenvalue weighted by Crippen LogP contribution is 2.67. The van der Waals surface area contributed by atoms with E-state index in [9.17, 15) is 19.2 Å². The van der Waals surface area contributed by atoms with Crippen molar-refractivity contribution in [2.45, 2.75) is 44.8 Å². The van der Waals surface area contributed by atoms with Gasteiger partial charge in [0.05, 0.1) is 37.8 Å². The normalized spacial score (nSPS) is 27.2. The molecule has 8 nitrogen and oxygen atoms in total. The van der Waals surface area contributed by atoms with Gasteiger partial charge < -0.3 is 14.2 Å². The third kappa shape index (κ3) is 3.53. The van der Waals surface area contributed by atoms with E-state index in [1.54, 1.807) is 26.0 Å². The molecule has 2 bridgehead atoms. The molecule has 0 aromatic heterocycles. The number of hydrogen-bond acceptors (Lipinski definition) is 8. The molecule has 0 amide bonds. The summed E-state index contributed by atoms with van der Waals surface area (Å²) >= 11 is 0. The number of esters is 3. The summed E-state index contributed by atoms with van der Waals surface area (Å²) in [5.74, 6) is -3.51. The van der Waals surface area contributed by atoms with E-state index in [2.05, 4.69) is 0 Å². The molecule has 2 aliphatic heterocycles. The lowest BCUT2D eigenvalue weighted by Crippen LogP contribution is -2.56. The average Bonchev–Trinajstić information content (AvgIpc) is 3.37. The predicted octanol–water partition coefficient (Wildman–Crippen LogP) is 3.49. The predicted molar refractivity (Wildman–Crippen MR) is 132 cm³/mol. The Bertz CT molecular complexity index is 1220. The molecule has 0 radical (unpaired) electrons. The Morgan fingerprint density at radius 2 is 1.57 bits per heavy atom. The van der Waals surface area contributed by atoms with Crippen LogP contribution in [0, 0.1) is 17.3 Å². The molecular formula is C29H31NO7. The summed E-state index contributed by atoms with van der Waals surface area (Å²) < 4.78 is 16.1. The molecule has 1 saturated carbocycles. The van der Waals surface area contributed by atoms with E-state index in [0.717, 1.165) is 11.1 Å². The van der Waals surface area contributed by atoms with Crippen LogP contribution in [0.25, 0.3) is 0 Å². The number of benzene rings is 2. The van der Waals surface area contributed by atoms with E-state index >= 15 is 0 Å². The molecule has 3 aliphatic rings. The van der Waals surface area contributed by atoms with E-state index < -0.39 is 46.7 Å². The number of ether oxygens (including phenoxy) is 3. The molecular weight excluding hydrogens is 474 g/mol. The zero-order valence-electron chi connectivity index (χ0n) is 21.3. The highest BCUT2D eigenvalue weighted by Gasteiger charge is 2.77. The van der Waals surface area contributed by atoms with Crippen molar-refractivity contribution in [2.75, 3.05) is 20.3 Å². The van der Waals surface area contributed by atoms with Crippen LogP contribution in [-0.4, -0.2) is 54.5 Å². The largest absolute Gasteiger partial charge is 0.469 e. The van der Waals surface area contributed by atoms with Crippen LogP contribution in [0.4, 0.5) is 0 Å². The van der Waals surface area contributed by atoms with E-state index in [1.807, 2.05) is 47.4 Å². The van der Waals surface area contributed by atoms with Crippen LogP contribution in [0.1, 0.15) is 54.2 Å². The fourth-order valence-corrected chi connectivity index (χ4v) is 6.93. The van der Waals surface area contributed by atoms with E-state index in [1.165, 1.54) is 7.11 Å². The van der Waals surface area contributed by atoms with Gasteiger partial charge in [-0.05, 0) is 31.4 Å². The van der Waals surface area contributed by atoms with E-state index in [4.69, 9.17) is 14.2 Å². The Kier molecular flexibility index (Phi) is 6.40. The molecule has 1 saturated heterocycles. The minimum Gasteiger partial charge on any atom is -0.469 e. The Hall–Kier alpha value is -3.52. The summed E-state index contributed by atoms with van der Waals surface area (Å²) in [6.07, 6.45) is -0.154. The van der Waals surface area contributed by atoms with Gasteiger partial charge in [0.15, 0.2) is 11.2 Å². The maximum atomic E-state index is 14.5. The monoisotopic (exact) mass is 505 g/mol. The van der Waals surface area contributed by atoms with Crippen LogP contribution < -0.4 is 0 Å². The van der Waals surface area contributed by atoms with Crippen molar-refractivity contribution in [3.63, 3.8) is 0 Å². The lowest BCUT2D eigenvalue weighted by Gasteiger charge is -2.45. The van der Waals surface area contributed by atoms with Crippen molar-refractivity contribution in [3.8, 4) is 0 Å². The van der Waals surface area contributed by atoms with Gasteiger partial charge in [0.1, 0.15) is 0 Å². The molecule has 2 fully saturated rings. The van der Waals surface area contributed by atoms with Gasteiger partial charge in [-0.3, -0.25) is 24.1 Å². The lowest BCUT2D eigenvalue weighted by molar-refractivity contribution is -0.173. The van der Waals surface area contributed by atoms with Gasteiger partial charge in [-0.2, -0.15) is 0 Å². The Morgan fingerprint density at radius 1 is 0.946 bits per heavy atom. The Morgan fingerprint density at radius 3 is 2.19 bits per heavy atom. The second-order valence-corrected chi connectivity index (χ2v) is 9.96. The molecule has 0 N–H and O–H groups in total. The standard InChI is InChI=1S/C29H31NO7/c1-4-36-26(33)28(27(34)37-5-2)15-21-22(25(32)35-3)23-19-13-9-10-14-20(19)24(31)29(21,17-28)30(23)16-18-11-7-6-8-12-18/h6-14,21-23H,4-5,15-17H2,1-3H3/t21-,22-,23-,29-/m1/s1. The number of fused-ring (bicyclic) bond motifs is 3. The van der Waals surface area contributed by atoms with Crippen molar-refractivity contribution in [1.29, 1.82) is 0 Å². The van der Waals surface area contributed by atoms with Crippen LogP contribution >= 0.6 is 0 Å². The van der Waals surface area contributed by atoms with Crippen molar-refractivity contribution in [1.82, 2.24) is 4.90 Å². The highest BCUT2D eigenvalue weighted by molar-refractivity contribution is 6.10. The number of Topliss-reactive ketones (excluding diaryl/α,β-unsaturated/α-hetero) is 1. The molecule has 8 heteroatoms. The van der Waals surface area contributed by atoms with Crippen molar-refractivity contribution < 1.29 is 33.4 Å². The van der Waals surface area contributed by atoms with Crippen LogP contribution in [-0.2, 0) is 35.1 Å². The van der Waals surface area contributed by atoms with Crippen LogP contribution in [0.2, 0.25) is 0 Å². The Labute approximate surface area is 215 Å². The van der Waals surface area contributed by atoms with Gasteiger partial charge in [-0.1, -0.05) is 54.6 Å². The van der Waals surface area contributed by atoms with Crippen LogP contribution in [0.5, 0.6) is 0 Å². The summed E-state index contributed by atoms with van der Waals surface area (Å²) in [5.41, 5.74) is -0.764. The van der Waals surface area contributed by atoms with Crippen LogP contribution in [0.3, 0.4) is 0 Å². The van der Waals surface area contributed by atoms with Gasteiger partial charge in [-0.15, -0.1) is 0 Å². The first-order valence-electron chi connectivity index (χ1n) is 12.7. The van der Waals surface area contributed by atoms with Gasteiger partial charge >= 0.3 is 17.9 Å². The highest BCUT2D eigenvalue weighted by atomic mass is 16.6. The molecule has 0 unspecified atom stereocenters. The number of ketones is 1. The van der Waals surface area contributed by atoms with Crippen LogP contribution in [0.15, 0.2) is 54.6 Å². The number of carbonyl (C=O) groups excluding carboxylic acids is 4. The molecule has 194 valence electrons. The molecule has 2 heterocycles. The van der Waals surface area contributed by atoms with E-state index in [-0.39, 0.29) is 31.8 Å².